The second-order valence-corrected chi connectivity index (χ2v) is 4.90. The Hall–Kier alpha value is -2.30. The summed E-state index contributed by atoms with van der Waals surface area (Å²) in [5.74, 6) is 0.766. The molecule has 0 saturated heterocycles. The molecule has 0 amide bonds. The van der Waals surface area contributed by atoms with Crippen molar-refractivity contribution < 1.29 is 4.52 Å². The van der Waals surface area contributed by atoms with Crippen LogP contribution >= 0.6 is 0 Å². The van der Waals surface area contributed by atoms with E-state index in [2.05, 4.69) is 5.16 Å². The van der Waals surface area contributed by atoms with Gasteiger partial charge in [-0.05, 0) is 32.9 Å². The van der Waals surface area contributed by atoms with Gasteiger partial charge >= 0.3 is 5.69 Å². The monoisotopic (exact) mass is 271 g/mol. The maximum atomic E-state index is 12.5. The van der Waals surface area contributed by atoms with Crippen molar-refractivity contribution in [3.63, 3.8) is 0 Å². The lowest BCUT2D eigenvalue weighted by molar-refractivity contribution is 0.392. The Labute approximate surface area is 116 Å². The molecule has 0 aliphatic rings. The molecule has 3 aromatic rings. The topological polar surface area (TPSA) is 53.0 Å². The van der Waals surface area contributed by atoms with E-state index in [1.54, 1.807) is 9.13 Å². The van der Waals surface area contributed by atoms with Crippen LogP contribution in [0.3, 0.4) is 0 Å². The highest BCUT2D eigenvalue weighted by molar-refractivity contribution is 5.76. The molecule has 20 heavy (non-hydrogen) atoms. The lowest BCUT2D eigenvalue weighted by Gasteiger charge is -2.02. The van der Waals surface area contributed by atoms with Crippen LogP contribution in [0, 0.1) is 13.8 Å². The number of fused-ring (bicyclic) bond motifs is 1. The van der Waals surface area contributed by atoms with E-state index >= 15 is 0 Å². The van der Waals surface area contributed by atoms with Gasteiger partial charge in [0.25, 0.3) is 0 Å². The molecule has 0 radical (unpaired) electrons. The van der Waals surface area contributed by atoms with E-state index in [9.17, 15) is 4.79 Å². The van der Waals surface area contributed by atoms with Gasteiger partial charge in [0.15, 0.2) is 0 Å². The first-order valence-electron chi connectivity index (χ1n) is 6.73. The molecule has 0 N–H and O–H groups in total. The molecule has 0 unspecified atom stereocenters. The van der Waals surface area contributed by atoms with E-state index < -0.39 is 0 Å². The summed E-state index contributed by atoms with van der Waals surface area (Å²) in [5.41, 5.74) is 3.73. The Bertz CT molecular complexity index is 804. The smallest absolute Gasteiger partial charge is 0.329 e. The molecule has 5 nitrogen and oxygen atoms in total. The van der Waals surface area contributed by atoms with Crippen molar-refractivity contribution in [1.82, 2.24) is 14.3 Å². The zero-order valence-corrected chi connectivity index (χ0v) is 11.9. The zero-order chi connectivity index (χ0) is 14.3. The van der Waals surface area contributed by atoms with Crippen molar-refractivity contribution in [2.24, 2.45) is 0 Å². The van der Waals surface area contributed by atoms with E-state index in [0.717, 1.165) is 28.1 Å². The fraction of sp³-hybridized carbons (Fsp3) is 0.333. The van der Waals surface area contributed by atoms with Crippen molar-refractivity contribution in [3.8, 4) is 0 Å². The third kappa shape index (κ3) is 1.78. The fourth-order valence-electron chi connectivity index (χ4n) is 2.62. The highest BCUT2D eigenvalue weighted by atomic mass is 16.5. The van der Waals surface area contributed by atoms with Crippen LogP contribution in [-0.2, 0) is 13.1 Å². The van der Waals surface area contributed by atoms with Crippen molar-refractivity contribution in [2.75, 3.05) is 0 Å². The zero-order valence-electron chi connectivity index (χ0n) is 11.9. The number of hydrogen-bond acceptors (Lipinski definition) is 3. The molecule has 104 valence electrons. The van der Waals surface area contributed by atoms with Gasteiger partial charge in [0.2, 0.25) is 0 Å². The number of rotatable bonds is 3. The quantitative estimate of drug-likeness (QED) is 0.735. The van der Waals surface area contributed by atoms with Crippen LogP contribution in [0.25, 0.3) is 11.0 Å². The summed E-state index contributed by atoms with van der Waals surface area (Å²) in [7, 11) is 0. The molecule has 0 saturated carbocycles. The van der Waals surface area contributed by atoms with Crippen LogP contribution in [0.15, 0.2) is 33.6 Å². The van der Waals surface area contributed by atoms with E-state index in [4.69, 9.17) is 4.52 Å². The largest absolute Gasteiger partial charge is 0.361 e. The summed E-state index contributed by atoms with van der Waals surface area (Å²) >= 11 is 0. The Balaban J connectivity index is 2.22. The van der Waals surface area contributed by atoms with Crippen LogP contribution < -0.4 is 5.69 Å². The lowest BCUT2D eigenvalue weighted by atomic mass is 10.2. The number of para-hydroxylation sites is 2. The Morgan fingerprint density at radius 2 is 1.80 bits per heavy atom. The van der Waals surface area contributed by atoms with Crippen LogP contribution in [0.2, 0.25) is 0 Å². The van der Waals surface area contributed by atoms with Gasteiger partial charge < -0.3 is 4.52 Å². The first-order chi connectivity index (χ1) is 9.63. The number of benzene rings is 1. The van der Waals surface area contributed by atoms with Gasteiger partial charge in [-0.3, -0.25) is 9.13 Å². The lowest BCUT2D eigenvalue weighted by Crippen LogP contribution is -2.24. The Morgan fingerprint density at radius 3 is 2.35 bits per heavy atom. The van der Waals surface area contributed by atoms with Crippen molar-refractivity contribution in [3.05, 3.63) is 51.8 Å². The van der Waals surface area contributed by atoms with Gasteiger partial charge in [-0.25, -0.2) is 4.79 Å². The number of aryl methyl sites for hydroxylation is 3. The minimum atomic E-state index is 0.00806. The molecular formula is C15H17N3O2. The van der Waals surface area contributed by atoms with Gasteiger partial charge in [-0.2, -0.15) is 0 Å². The molecule has 0 bridgehead atoms. The average Bonchev–Trinajstić information content (AvgIpc) is 2.91. The molecule has 2 aromatic heterocycles. The van der Waals surface area contributed by atoms with Crippen molar-refractivity contribution in [1.29, 1.82) is 0 Å². The summed E-state index contributed by atoms with van der Waals surface area (Å²) < 4.78 is 8.75. The Morgan fingerprint density at radius 1 is 1.15 bits per heavy atom. The van der Waals surface area contributed by atoms with Crippen LogP contribution in [0.5, 0.6) is 0 Å². The molecule has 0 atom stereocenters. The summed E-state index contributed by atoms with van der Waals surface area (Å²) in [6, 6.07) is 7.85. The number of imidazole rings is 1. The highest BCUT2D eigenvalue weighted by Gasteiger charge is 2.15. The maximum absolute atomic E-state index is 12.5. The van der Waals surface area contributed by atoms with Crippen LogP contribution in [0.4, 0.5) is 0 Å². The minimum absolute atomic E-state index is 0.00806. The van der Waals surface area contributed by atoms with E-state index in [1.165, 1.54) is 0 Å². The predicted molar refractivity (Wildman–Crippen MR) is 77.0 cm³/mol. The van der Waals surface area contributed by atoms with Gasteiger partial charge in [-0.15, -0.1) is 0 Å². The van der Waals surface area contributed by atoms with Crippen molar-refractivity contribution >= 4 is 11.0 Å². The third-order valence-corrected chi connectivity index (χ3v) is 3.74. The van der Waals surface area contributed by atoms with E-state index in [1.807, 2.05) is 45.0 Å². The molecule has 0 aliphatic heterocycles. The minimum Gasteiger partial charge on any atom is -0.361 e. The Kier molecular flexibility index (Phi) is 2.97. The van der Waals surface area contributed by atoms with Gasteiger partial charge in [0.1, 0.15) is 5.76 Å². The van der Waals surface area contributed by atoms with Crippen LogP contribution in [0.1, 0.15) is 23.9 Å². The van der Waals surface area contributed by atoms with E-state index in [-0.39, 0.29) is 5.69 Å². The summed E-state index contributed by atoms with van der Waals surface area (Å²) in [6.07, 6.45) is 0. The molecular weight excluding hydrogens is 254 g/mol. The van der Waals surface area contributed by atoms with Crippen LogP contribution in [-0.4, -0.2) is 14.3 Å². The number of nitrogens with zero attached hydrogens (tertiary/aromatic N) is 3. The van der Waals surface area contributed by atoms with Gasteiger partial charge in [-0.1, -0.05) is 17.3 Å². The first-order valence-corrected chi connectivity index (χ1v) is 6.73. The molecule has 0 spiro atoms. The summed E-state index contributed by atoms with van der Waals surface area (Å²) in [6.45, 7) is 6.91. The van der Waals surface area contributed by atoms with Gasteiger partial charge in [0.05, 0.1) is 23.3 Å². The molecule has 2 heterocycles. The molecule has 1 aromatic carbocycles. The van der Waals surface area contributed by atoms with Gasteiger partial charge in [0, 0.05) is 12.1 Å². The predicted octanol–water partition coefficient (Wildman–Crippen LogP) is 2.48. The average molecular weight is 271 g/mol. The number of hydrogen-bond donors (Lipinski definition) is 0. The molecule has 5 heteroatoms. The SMILES string of the molecule is CCn1c(=O)n(Cc2c(C)noc2C)c2ccccc21. The third-order valence-electron chi connectivity index (χ3n) is 3.74. The highest BCUT2D eigenvalue weighted by Crippen LogP contribution is 2.18. The summed E-state index contributed by atoms with van der Waals surface area (Å²) in [4.78, 5) is 12.5. The fourth-order valence-corrected chi connectivity index (χ4v) is 2.62. The first kappa shape index (κ1) is 12.7. The number of aromatic nitrogens is 3. The second kappa shape index (κ2) is 4.67. The molecule has 0 fully saturated rings. The molecule has 3 rings (SSSR count). The molecule has 0 aliphatic carbocycles. The van der Waals surface area contributed by atoms with E-state index in [0.29, 0.717) is 13.1 Å². The second-order valence-electron chi connectivity index (χ2n) is 4.90. The summed E-state index contributed by atoms with van der Waals surface area (Å²) in [5, 5.41) is 3.95. The maximum Gasteiger partial charge on any atom is 0.329 e. The van der Waals surface area contributed by atoms with Crippen molar-refractivity contribution in [2.45, 2.75) is 33.9 Å². The standard InChI is InChI=1S/C15H17N3O2/c1-4-17-13-7-5-6-8-14(13)18(15(17)19)9-12-10(2)16-20-11(12)3/h5-8H,4,9H2,1-3H3. The normalized spacial score (nSPS) is 11.3.